The van der Waals surface area contributed by atoms with Crippen LogP contribution in [0.4, 0.5) is 5.69 Å². The van der Waals surface area contributed by atoms with Crippen LogP contribution in [0, 0.1) is 16.0 Å². The molecule has 0 radical (unpaired) electrons. The summed E-state index contributed by atoms with van der Waals surface area (Å²) in [5.41, 5.74) is 0.369. The first-order valence-electron chi connectivity index (χ1n) is 11.7. The van der Waals surface area contributed by atoms with Crippen molar-refractivity contribution in [1.29, 1.82) is 0 Å². The van der Waals surface area contributed by atoms with Gasteiger partial charge in [0.2, 0.25) is 10.0 Å². The van der Waals surface area contributed by atoms with Gasteiger partial charge in [-0.25, -0.2) is 8.42 Å². The fraction of sp³-hybridized carbons (Fsp3) is 0.375. The first kappa shape index (κ1) is 26.6. The molecule has 0 saturated carbocycles. The average Bonchev–Trinajstić information content (AvgIpc) is 3.20. The molecule has 0 bridgehead atoms. The van der Waals surface area contributed by atoms with Gasteiger partial charge in [-0.3, -0.25) is 19.7 Å². The molecule has 4 rings (SSSR count). The Kier molecular flexibility index (Phi) is 7.85. The largest absolute Gasteiger partial charge is 0.465 e. The van der Waals surface area contributed by atoms with Crippen molar-refractivity contribution in [2.24, 2.45) is 10.9 Å². The maximum absolute atomic E-state index is 13.0. The summed E-state index contributed by atoms with van der Waals surface area (Å²) >= 11 is 1.10. The number of nitro benzene ring substituents is 1. The third-order valence-electron chi connectivity index (χ3n) is 6.02. The van der Waals surface area contributed by atoms with Crippen LogP contribution in [0.25, 0.3) is 10.2 Å². The number of nitro groups is 1. The lowest BCUT2D eigenvalue weighted by Crippen LogP contribution is -2.39. The van der Waals surface area contributed by atoms with Gasteiger partial charge in [0.05, 0.1) is 26.6 Å². The minimum absolute atomic E-state index is 0.102. The van der Waals surface area contributed by atoms with Gasteiger partial charge in [0.25, 0.3) is 11.6 Å². The molecule has 2 heterocycles. The Labute approximate surface area is 217 Å². The van der Waals surface area contributed by atoms with Crippen LogP contribution in [0.1, 0.15) is 37.0 Å². The number of non-ortho nitro benzene ring substituents is 1. The summed E-state index contributed by atoms with van der Waals surface area (Å²) in [6.45, 7) is 4.47. The van der Waals surface area contributed by atoms with Gasteiger partial charge in [-0.2, -0.15) is 9.30 Å². The zero-order valence-corrected chi connectivity index (χ0v) is 22.0. The zero-order valence-electron chi connectivity index (χ0n) is 20.3. The van der Waals surface area contributed by atoms with Gasteiger partial charge in [0.1, 0.15) is 6.54 Å². The van der Waals surface area contributed by atoms with Crippen LogP contribution in [0.3, 0.4) is 0 Å². The fourth-order valence-electron chi connectivity index (χ4n) is 4.18. The summed E-state index contributed by atoms with van der Waals surface area (Å²) in [5.74, 6) is -0.939. The monoisotopic (exact) mass is 546 g/mol. The number of hydrogen-bond acceptors (Lipinski definition) is 8. The number of carbonyl (C=O) groups is 2. The molecule has 3 aromatic rings. The molecule has 0 N–H and O–H groups in total. The zero-order chi connectivity index (χ0) is 26.7. The van der Waals surface area contributed by atoms with Crippen LogP contribution in [0.2, 0.25) is 0 Å². The Morgan fingerprint density at radius 2 is 1.95 bits per heavy atom. The molecular formula is C24H26N4O7S2. The van der Waals surface area contributed by atoms with Crippen molar-refractivity contribution in [3.8, 4) is 0 Å². The predicted octanol–water partition coefficient (Wildman–Crippen LogP) is 3.34. The summed E-state index contributed by atoms with van der Waals surface area (Å²) < 4.78 is 34.5. The van der Waals surface area contributed by atoms with Crippen LogP contribution < -0.4 is 4.80 Å². The molecule has 1 atom stereocenters. The van der Waals surface area contributed by atoms with Crippen molar-refractivity contribution < 1.29 is 27.7 Å². The van der Waals surface area contributed by atoms with Gasteiger partial charge in [0, 0.05) is 30.8 Å². The fourth-order valence-corrected chi connectivity index (χ4v) is 6.79. The molecule has 11 nitrogen and oxygen atoms in total. The lowest BCUT2D eigenvalue weighted by atomic mass is 10.0. The molecule has 1 fully saturated rings. The normalized spacial score (nSPS) is 17.1. The summed E-state index contributed by atoms with van der Waals surface area (Å²) in [7, 11) is -3.67. The predicted molar refractivity (Wildman–Crippen MR) is 137 cm³/mol. The molecule has 1 aliphatic rings. The molecule has 1 aromatic heterocycles. The first-order valence-corrected chi connectivity index (χ1v) is 14.0. The van der Waals surface area contributed by atoms with Crippen LogP contribution in [-0.4, -0.2) is 53.8 Å². The van der Waals surface area contributed by atoms with Crippen LogP contribution in [-0.2, 0) is 26.1 Å². The average molecular weight is 547 g/mol. The third kappa shape index (κ3) is 5.78. The second-order valence-corrected chi connectivity index (χ2v) is 11.7. The number of piperidine rings is 1. The number of fused-ring (bicyclic) bond motifs is 1. The number of carbonyl (C=O) groups excluding carboxylic acids is 2. The number of amides is 1. The van der Waals surface area contributed by atoms with E-state index in [2.05, 4.69) is 4.99 Å². The highest BCUT2D eigenvalue weighted by Gasteiger charge is 2.28. The van der Waals surface area contributed by atoms with E-state index in [-0.39, 0.29) is 40.0 Å². The Bertz CT molecular complexity index is 1520. The lowest BCUT2D eigenvalue weighted by Gasteiger charge is -2.30. The molecule has 0 aliphatic carbocycles. The molecular weight excluding hydrogens is 520 g/mol. The lowest BCUT2D eigenvalue weighted by molar-refractivity contribution is -0.384. The van der Waals surface area contributed by atoms with Gasteiger partial charge in [-0.15, -0.1) is 0 Å². The maximum Gasteiger partial charge on any atom is 0.326 e. The van der Waals surface area contributed by atoms with Crippen molar-refractivity contribution in [2.75, 3.05) is 19.7 Å². The highest BCUT2D eigenvalue weighted by Crippen LogP contribution is 2.25. The molecule has 1 unspecified atom stereocenters. The topological polar surface area (TPSA) is 141 Å². The summed E-state index contributed by atoms with van der Waals surface area (Å²) in [6.07, 6.45) is 1.79. The molecule has 1 amide bonds. The van der Waals surface area contributed by atoms with Crippen molar-refractivity contribution in [3.05, 3.63) is 62.9 Å². The van der Waals surface area contributed by atoms with Crippen LogP contribution in [0.5, 0.6) is 0 Å². The molecule has 1 aliphatic heterocycles. The van der Waals surface area contributed by atoms with E-state index in [0.29, 0.717) is 23.3 Å². The minimum atomic E-state index is -3.67. The molecule has 0 spiro atoms. The highest BCUT2D eigenvalue weighted by atomic mass is 32.2. The Morgan fingerprint density at radius 1 is 1.22 bits per heavy atom. The standard InChI is InChI=1S/C24H26N4O7S2/c1-3-35-22(29)15-27-20-13-18(28(31)32)8-11-21(20)36-24(27)25-23(30)17-6-9-19(10-7-17)37(33,34)26-12-4-5-16(2)14-26/h6-11,13,16H,3-5,12,14-15H2,1-2H3. The number of rotatable bonds is 7. The Hall–Kier alpha value is -3.42. The van der Waals surface area contributed by atoms with Gasteiger partial charge in [-0.1, -0.05) is 18.3 Å². The number of benzene rings is 2. The van der Waals surface area contributed by atoms with Crippen molar-refractivity contribution in [1.82, 2.24) is 8.87 Å². The number of ether oxygens (including phenoxy) is 1. The van der Waals surface area contributed by atoms with E-state index >= 15 is 0 Å². The number of nitrogens with zero attached hydrogens (tertiary/aromatic N) is 4. The highest BCUT2D eigenvalue weighted by molar-refractivity contribution is 7.89. The summed E-state index contributed by atoms with van der Waals surface area (Å²) in [6, 6.07) is 9.76. The van der Waals surface area contributed by atoms with E-state index in [1.807, 2.05) is 6.92 Å². The first-order chi connectivity index (χ1) is 17.6. The van der Waals surface area contributed by atoms with Crippen molar-refractivity contribution in [3.63, 3.8) is 0 Å². The van der Waals surface area contributed by atoms with E-state index in [1.165, 1.54) is 51.3 Å². The van der Waals surface area contributed by atoms with Crippen LogP contribution >= 0.6 is 11.3 Å². The Balaban J connectivity index is 1.68. The molecule has 37 heavy (non-hydrogen) atoms. The van der Waals surface area contributed by atoms with Crippen molar-refractivity contribution in [2.45, 2.75) is 38.1 Å². The minimum Gasteiger partial charge on any atom is -0.465 e. The smallest absolute Gasteiger partial charge is 0.326 e. The molecule has 1 saturated heterocycles. The number of sulfonamides is 1. The van der Waals surface area contributed by atoms with E-state index < -0.39 is 26.8 Å². The number of thiazole rings is 1. The van der Waals surface area contributed by atoms with Crippen LogP contribution in [0.15, 0.2) is 52.4 Å². The Morgan fingerprint density at radius 3 is 2.59 bits per heavy atom. The quantitative estimate of drug-likeness (QED) is 0.251. The van der Waals surface area contributed by atoms with Gasteiger partial charge in [0.15, 0.2) is 4.80 Å². The van der Waals surface area contributed by atoms with E-state index in [1.54, 1.807) is 6.92 Å². The van der Waals surface area contributed by atoms with Crippen molar-refractivity contribution >= 4 is 49.1 Å². The van der Waals surface area contributed by atoms with Gasteiger partial charge >= 0.3 is 5.97 Å². The molecule has 2 aromatic carbocycles. The van der Waals surface area contributed by atoms with Gasteiger partial charge in [-0.05, 0) is 56.0 Å². The molecule has 196 valence electrons. The second kappa shape index (κ2) is 10.9. The third-order valence-corrected chi connectivity index (χ3v) is 8.96. The van der Waals surface area contributed by atoms with E-state index in [9.17, 15) is 28.1 Å². The van der Waals surface area contributed by atoms with Gasteiger partial charge < -0.3 is 9.30 Å². The second-order valence-electron chi connectivity index (χ2n) is 8.74. The number of hydrogen-bond donors (Lipinski definition) is 0. The summed E-state index contributed by atoms with van der Waals surface area (Å²) in [4.78, 5) is 40.3. The number of esters is 1. The molecule has 13 heteroatoms. The number of aromatic nitrogens is 1. The maximum atomic E-state index is 13.0. The SMILES string of the molecule is CCOC(=O)Cn1c(=NC(=O)c2ccc(S(=O)(=O)N3CCCC(C)C3)cc2)sc2ccc([N+](=O)[O-])cc21. The van der Waals surface area contributed by atoms with E-state index in [0.717, 1.165) is 24.2 Å². The summed E-state index contributed by atoms with van der Waals surface area (Å²) in [5, 5.41) is 11.2. The van der Waals surface area contributed by atoms with E-state index in [4.69, 9.17) is 4.74 Å².